The van der Waals surface area contributed by atoms with Crippen molar-refractivity contribution in [1.82, 2.24) is 0 Å². The summed E-state index contributed by atoms with van der Waals surface area (Å²) in [7, 11) is 0. The van der Waals surface area contributed by atoms with Crippen molar-refractivity contribution in [1.29, 1.82) is 0 Å². The van der Waals surface area contributed by atoms with Crippen LogP contribution in [0.25, 0.3) is 5.57 Å². The molecule has 0 heteroatoms. The summed E-state index contributed by atoms with van der Waals surface area (Å²) in [4.78, 5) is 0. The maximum Gasteiger partial charge on any atom is 0.000425 e. The van der Waals surface area contributed by atoms with Gasteiger partial charge in [0.25, 0.3) is 0 Å². The van der Waals surface area contributed by atoms with E-state index in [2.05, 4.69) is 106 Å². The molecular formula is C26H24. The van der Waals surface area contributed by atoms with E-state index >= 15 is 0 Å². The van der Waals surface area contributed by atoms with Crippen molar-refractivity contribution in [3.8, 4) is 0 Å². The van der Waals surface area contributed by atoms with E-state index in [1.807, 2.05) is 0 Å². The van der Waals surface area contributed by atoms with E-state index in [4.69, 9.17) is 0 Å². The quantitative estimate of drug-likeness (QED) is 0.572. The average Bonchev–Trinajstić information content (AvgIpc) is 3.21. The first-order valence-corrected chi connectivity index (χ1v) is 9.30. The third-order valence-electron chi connectivity index (χ3n) is 5.45. The van der Waals surface area contributed by atoms with Crippen LogP contribution in [0.15, 0.2) is 113 Å². The Balaban J connectivity index is 1.94. The van der Waals surface area contributed by atoms with Gasteiger partial charge in [0.15, 0.2) is 0 Å². The maximum atomic E-state index is 2.38. The molecule has 0 saturated carbocycles. The molecule has 0 radical (unpaired) electrons. The number of hydrogen-bond donors (Lipinski definition) is 0. The highest BCUT2D eigenvalue weighted by molar-refractivity contribution is 5.89. The Labute approximate surface area is 156 Å². The van der Waals surface area contributed by atoms with Crippen molar-refractivity contribution in [3.05, 3.63) is 124 Å². The first-order chi connectivity index (χ1) is 12.7. The normalized spacial score (nSPS) is 19.0. The number of benzene rings is 2. The molecule has 2 aliphatic carbocycles. The molecule has 0 aromatic heterocycles. The fourth-order valence-electron chi connectivity index (χ4n) is 4.14. The van der Waals surface area contributed by atoms with Crippen molar-refractivity contribution in [2.75, 3.05) is 0 Å². The Morgan fingerprint density at radius 3 is 1.88 bits per heavy atom. The fraction of sp³-hybridized carbons (Fsp3) is 0.154. The van der Waals surface area contributed by atoms with Gasteiger partial charge in [0.2, 0.25) is 0 Å². The van der Waals surface area contributed by atoms with Gasteiger partial charge in [-0.25, -0.2) is 0 Å². The van der Waals surface area contributed by atoms with Gasteiger partial charge < -0.3 is 0 Å². The van der Waals surface area contributed by atoms with Crippen molar-refractivity contribution >= 4 is 5.57 Å². The predicted molar refractivity (Wildman–Crippen MR) is 112 cm³/mol. The Morgan fingerprint density at radius 2 is 1.38 bits per heavy atom. The van der Waals surface area contributed by atoms with Crippen molar-refractivity contribution in [3.63, 3.8) is 0 Å². The third kappa shape index (κ3) is 2.82. The molecule has 0 heterocycles. The second-order valence-corrected chi connectivity index (χ2v) is 7.14. The molecule has 0 N–H and O–H groups in total. The van der Waals surface area contributed by atoms with E-state index in [1.54, 1.807) is 0 Å². The van der Waals surface area contributed by atoms with Crippen molar-refractivity contribution in [2.45, 2.75) is 20.8 Å². The summed E-state index contributed by atoms with van der Waals surface area (Å²) in [5.41, 5.74) is 10.8. The number of hydrogen-bond acceptors (Lipinski definition) is 0. The summed E-state index contributed by atoms with van der Waals surface area (Å²) in [6.45, 7) is 6.78. The molecule has 0 bridgehead atoms. The van der Waals surface area contributed by atoms with Gasteiger partial charge in [0.1, 0.15) is 0 Å². The molecule has 0 spiro atoms. The minimum Gasteiger partial charge on any atom is -0.0740 e. The lowest BCUT2D eigenvalue weighted by molar-refractivity contribution is 0.890. The Hall–Kier alpha value is -2.86. The minimum absolute atomic E-state index is 0.462. The van der Waals surface area contributed by atoms with Crippen molar-refractivity contribution < 1.29 is 0 Å². The molecule has 128 valence electrons. The molecule has 4 rings (SSSR count). The Kier molecular flexibility index (Phi) is 4.34. The second-order valence-electron chi connectivity index (χ2n) is 7.14. The molecule has 2 aliphatic rings. The zero-order valence-corrected chi connectivity index (χ0v) is 15.7. The molecule has 2 aromatic rings. The zero-order chi connectivity index (χ0) is 18.1. The number of allylic oxidation sites excluding steroid dienone is 9. The predicted octanol–water partition coefficient (Wildman–Crippen LogP) is 6.90. The van der Waals surface area contributed by atoms with E-state index < -0.39 is 0 Å². The van der Waals surface area contributed by atoms with Gasteiger partial charge in [-0.15, -0.1) is 0 Å². The summed E-state index contributed by atoms with van der Waals surface area (Å²) < 4.78 is 0. The molecule has 0 amide bonds. The van der Waals surface area contributed by atoms with Crippen LogP contribution in [-0.2, 0) is 0 Å². The van der Waals surface area contributed by atoms with E-state index in [0.29, 0.717) is 5.92 Å². The molecule has 0 saturated heterocycles. The van der Waals surface area contributed by atoms with Gasteiger partial charge in [-0.05, 0) is 52.8 Å². The van der Waals surface area contributed by atoms with Gasteiger partial charge in [0.05, 0.1) is 0 Å². The summed E-state index contributed by atoms with van der Waals surface area (Å²) >= 11 is 0. The number of rotatable bonds is 3. The smallest absolute Gasteiger partial charge is 0.000425 e. The molecular weight excluding hydrogens is 312 g/mol. The largest absolute Gasteiger partial charge is 0.0740 e. The van der Waals surface area contributed by atoms with Crippen LogP contribution in [-0.4, -0.2) is 0 Å². The highest BCUT2D eigenvalue weighted by atomic mass is 14.3. The monoisotopic (exact) mass is 336 g/mol. The van der Waals surface area contributed by atoms with E-state index in [1.165, 1.54) is 44.6 Å². The average molecular weight is 336 g/mol. The second kappa shape index (κ2) is 6.80. The molecule has 1 unspecified atom stereocenters. The lowest BCUT2D eigenvalue weighted by Crippen LogP contribution is -2.02. The first kappa shape index (κ1) is 16.6. The van der Waals surface area contributed by atoms with Gasteiger partial charge in [-0.2, -0.15) is 0 Å². The van der Waals surface area contributed by atoms with E-state index in [-0.39, 0.29) is 0 Å². The van der Waals surface area contributed by atoms with Crippen LogP contribution in [0, 0.1) is 5.92 Å². The Morgan fingerprint density at radius 1 is 0.808 bits per heavy atom. The summed E-state index contributed by atoms with van der Waals surface area (Å²) in [5.74, 6) is 0.462. The molecule has 0 aliphatic heterocycles. The third-order valence-corrected chi connectivity index (χ3v) is 5.45. The van der Waals surface area contributed by atoms with Gasteiger partial charge in [0, 0.05) is 5.92 Å². The Bertz CT molecular complexity index is 935. The van der Waals surface area contributed by atoms with Gasteiger partial charge in [-0.1, -0.05) is 97.5 Å². The first-order valence-electron chi connectivity index (χ1n) is 9.30. The van der Waals surface area contributed by atoms with Crippen LogP contribution in [0.2, 0.25) is 0 Å². The SMILES string of the molecule is CC1=CC(C)C(C2=CC=CC2=C(c2ccccc2)c2ccccc2)=C1C. The summed E-state index contributed by atoms with van der Waals surface area (Å²) in [5, 5.41) is 0. The topological polar surface area (TPSA) is 0 Å². The van der Waals surface area contributed by atoms with Crippen LogP contribution >= 0.6 is 0 Å². The van der Waals surface area contributed by atoms with Crippen LogP contribution in [0.4, 0.5) is 0 Å². The maximum absolute atomic E-state index is 2.38. The lowest BCUT2D eigenvalue weighted by Gasteiger charge is -2.19. The molecule has 26 heavy (non-hydrogen) atoms. The molecule has 0 fully saturated rings. The lowest BCUT2D eigenvalue weighted by atomic mass is 9.85. The van der Waals surface area contributed by atoms with Gasteiger partial charge in [-0.3, -0.25) is 0 Å². The fourth-order valence-corrected chi connectivity index (χ4v) is 4.14. The summed E-state index contributed by atoms with van der Waals surface area (Å²) in [6.07, 6.45) is 9.12. The molecule has 2 aromatic carbocycles. The van der Waals surface area contributed by atoms with Crippen LogP contribution in [0.3, 0.4) is 0 Å². The zero-order valence-electron chi connectivity index (χ0n) is 15.7. The highest BCUT2D eigenvalue weighted by Gasteiger charge is 2.26. The van der Waals surface area contributed by atoms with Crippen molar-refractivity contribution in [2.24, 2.45) is 5.92 Å². The molecule has 1 atom stereocenters. The standard InChI is InChI=1S/C26H24/c1-18-17-19(2)25(20(18)3)23-15-10-16-24(23)26(21-11-6-4-7-12-21)22-13-8-5-9-14-22/h4-17,19H,1-3H3. The van der Waals surface area contributed by atoms with Gasteiger partial charge >= 0.3 is 0 Å². The van der Waals surface area contributed by atoms with Crippen LogP contribution in [0.5, 0.6) is 0 Å². The highest BCUT2D eigenvalue weighted by Crippen LogP contribution is 2.43. The van der Waals surface area contributed by atoms with Crippen LogP contribution < -0.4 is 0 Å². The summed E-state index contributed by atoms with van der Waals surface area (Å²) in [6, 6.07) is 21.5. The van der Waals surface area contributed by atoms with E-state index in [0.717, 1.165) is 0 Å². The van der Waals surface area contributed by atoms with Crippen LogP contribution in [0.1, 0.15) is 31.9 Å². The minimum atomic E-state index is 0.462. The molecule has 0 nitrogen and oxygen atoms in total. The van der Waals surface area contributed by atoms with E-state index in [9.17, 15) is 0 Å².